The minimum Gasteiger partial charge on any atom is -0.505 e. The Morgan fingerprint density at radius 3 is 1.65 bits per heavy atom. The molecule has 0 rings (SSSR count). The first kappa shape index (κ1) is 14.9. The van der Waals surface area contributed by atoms with Crippen molar-refractivity contribution in [3.63, 3.8) is 0 Å². The standard InChI is InChI=1S/C11H16N4O2/c1-8(10(16)6-14-12)4-3-5-9(2)11(17)7-15-13/h6-9H,3-5H2,1-2H3/p+2/b10-6+,11-7+. The molecule has 0 amide bonds. The second-order valence-electron chi connectivity index (χ2n) is 4.07. The Labute approximate surface area is 101 Å². The summed E-state index contributed by atoms with van der Waals surface area (Å²) in [5, 5.41) is 35.2. The third-order valence-corrected chi connectivity index (χ3v) is 2.66. The van der Waals surface area contributed by atoms with Crippen LogP contribution in [0.3, 0.4) is 0 Å². The van der Waals surface area contributed by atoms with Crippen molar-refractivity contribution in [2.75, 3.05) is 0 Å². The van der Waals surface area contributed by atoms with Gasteiger partial charge in [0.1, 0.15) is 0 Å². The zero-order valence-corrected chi connectivity index (χ0v) is 10.1. The van der Waals surface area contributed by atoms with E-state index < -0.39 is 0 Å². The van der Waals surface area contributed by atoms with Crippen molar-refractivity contribution < 1.29 is 10.2 Å². The highest BCUT2D eigenvalue weighted by molar-refractivity contribution is 5.00. The molecule has 0 aromatic rings. The van der Waals surface area contributed by atoms with Gasteiger partial charge in [-0.25, -0.2) is 0 Å². The van der Waals surface area contributed by atoms with Crippen LogP contribution in [0, 0.1) is 22.6 Å². The smallest absolute Gasteiger partial charge is 0.387 e. The summed E-state index contributed by atoms with van der Waals surface area (Å²) in [5.74, 6) is -0.117. The Hall–Kier alpha value is -2.08. The SMILES string of the molecule is CC(CCCC(C)/C(O)=C\[N+]#N)/C(O)=C\[N+]#N. The molecule has 2 N–H and O–H groups in total. The molecule has 0 heterocycles. The summed E-state index contributed by atoms with van der Waals surface area (Å²) in [7, 11) is 0. The minimum atomic E-state index is -0.0910. The first-order chi connectivity index (χ1) is 8.02. The Kier molecular flexibility index (Phi) is 7.12. The minimum absolute atomic E-state index is 0.0327. The summed E-state index contributed by atoms with van der Waals surface area (Å²) in [5.41, 5.74) is 0. The number of aliphatic hydroxyl groups is 2. The van der Waals surface area contributed by atoms with Gasteiger partial charge in [-0.05, 0) is 12.8 Å². The van der Waals surface area contributed by atoms with Crippen molar-refractivity contribution >= 4 is 0 Å². The summed E-state index contributed by atoms with van der Waals surface area (Å²) in [6.45, 7) is 3.64. The van der Waals surface area contributed by atoms with E-state index in [0.717, 1.165) is 18.8 Å². The van der Waals surface area contributed by atoms with E-state index in [1.165, 1.54) is 0 Å². The first-order valence-electron chi connectivity index (χ1n) is 5.49. The Balaban J connectivity index is 4.02. The van der Waals surface area contributed by atoms with Crippen molar-refractivity contribution in [2.45, 2.75) is 33.1 Å². The maximum absolute atomic E-state index is 9.37. The van der Waals surface area contributed by atoms with Crippen LogP contribution < -0.4 is 0 Å². The van der Waals surface area contributed by atoms with Crippen molar-refractivity contribution in [3.05, 3.63) is 33.9 Å². The molecule has 0 saturated carbocycles. The van der Waals surface area contributed by atoms with Crippen molar-refractivity contribution in [1.29, 1.82) is 10.8 Å². The lowest BCUT2D eigenvalue weighted by Crippen LogP contribution is -2.02. The fourth-order valence-corrected chi connectivity index (χ4v) is 1.40. The third kappa shape index (κ3) is 6.16. The Bertz CT molecular complexity index is 340. The molecule has 0 aliphatic heterocycles. The second kappa shape index (κ2) is 8.12. The largest absolute Gasteiger partial charge is 0.505 e. The first-order valence-corrected chi connectivity index (χ1v) is 5.49. The van der Waals surface area contributed by atoms with Gasteiger partial charge >= 0.3 is 12.4 Å². The highest BCUT2D eigenvalue weighted by atomic mass is 16.3. The van der Waals surface area contributed by atoms with Gasteiger partial charge in [0, 0.05) is 11.8 Å². The highest BCUT2D eigenvalue weighted by Crippen LogP contribution is 2.20. The molecule has 17 heavy (non-hydrogen) atoms. The molecule has 0 aromatic carbocycles. The van der Waals surface area contributed by atoms with Crippen LogP contribution in [-0.4, -0.2) is 10.2 Å². The zero-order chi connectivity index (χ0) is 13.3. The molecule has 0 saturated heterocycles. The van der Waals surface area contributed by atoms with Gasteiger partial charge in [0.2, 0.25) is 10.8 Å². The number of allylic oxidation sites excluding steroid dienone is 2. The van der Waals surface area contributed by atoms with Gasteiger partial charge in [-0.15, -0.1) is 0 Å². The van der Waals surface area contributed by atoms with Crippen molar-refractivity contribution in [2.24, 2.45) is 11.8 Å². The number of diazo groups is 2. The summed E-state index contributed by atoms with van der Waals surface area (Å²) in [4.78, 5) is 5.50. The van der Waals surface area contributed by atoms with Gasteiger partial charge in [-0.3, -0.25) is 0 Å². The van der Waals surface area contributed by atoms with E-state index in [-0.39, 0.29) is 23.4 Å². The molecule has 0 bridgehead atoms. The van der Waals surface area contributed by atoms with Crippen molar-refractivity contribution in [1.82, 2.24) is 0 Å². The van der Waals surface area contributed by atoms with Gasteiger partial charge in [0.15, 0.2) is 21.5 Å². The van der Waals surface area contributed by atoms with E-state index >= 15 is 0 Å². The van der Waals surface area contributed by atoms with Crippen LogP contribution in [0.1, 0.15) is 33.1 Å². The molecule has 0 aliphatic carbocycles. The molecule has 0 radical (unpaired) electrons. The van der Waals surface area contributed by atoms with Gasteiger partial charge in [-0.1, -0.05) is 20.3 Å². The molecule has 2 unspecified atom stereocenters. The zero-order valence-electron chi connectivity index (χ0n) is 10.1. The van der Waals surface area contributed by atoms with Crippen LogP contribution in [0.4, 0.5) is 0 Å². The Morgan fingerprint density at radius 1 is 1.00 bits per heavy atom. The summed E-state index contributed by atoms with van der Waals surface area (Å²) >= 11 is 0. The van der Waals surface area contributed by atoms with Gasteiger partial charge in [0.25, 0.3) is 0 Å². The quantitative estimate of drug-likeness (QED) is 0.541. The van der Waals surface area contributed by atoms with E-state index in [2.05, 4.69) is 9.95 Å². The average molecular weight is 238 g/mol. The molecule has 0 aliphatic rings. The van der Waals surface area contributed by atoms with E-state index in [1.807, 2.05) is 13.8 Å². The maximum atomic E-state index is 9.37. The topological polar surface area (TPSA) is 96.8 Å². The van der Waals surface area contributed by atoms with Crippen LogP contribution in [-0.2, 0) is 0 Å². The summed E-state index contributed by atoms with van der Waals surface area (Å²) in [6.07, 6.45) is 4.23. The maximum Gasteiger partial charge on any atom is 0.387 e. The predicted molar refractivity (Wildman–Crippen MR) is 63.8 cm³/mol. The molecule has 6 nitrogen and oxygen atoms in total. The molecular weight excluding hydrogens is 220 g/mol. The van der Waals surface area contributed by atoms with Crippen LogP contribution in [0.25, 0.3) is 9.95 Å². The average Bonchev–Trinajstić information content (AvgIpc) is 2.29. The third-order valence-electron chi connectivity index (χ3n) is 2.66. The Morgan fingerprint density at radius 2 is 1.35 bits per heavy atom. The lowest BCUT2D eigenvalue weighted by molar-refractivity contribution is 0.305. The van der Waals surface area contributed by atoms with Gasteiger partial charge < -0.3 is 10.2 Å². The van der Waals surface area contributed by atoms with Gasteiger partial charge in [-0.2, -0.15) is 0 Å². The number of hydrogen-bond acceptors (Lipinski definition) is 4. The molecule has 0 aromatic heterocycles. The molecule has 2 atom stereocenters. The van der Waals surface area contributed by atoms with Crippen LogP contribution in [0.2, 0.25) is 0 Å². The van der Waals surface area contributed by atoms with E-state index in [4.69, 9.17) is 10.8 Å². The van der Waals surface area contributed by atoms with Crippen LogP contribution in [0.15, 0.2) is 23.9 Å². The monoisotopic (exact) mass is 238 g/mol. The second-order valence-corrected chi connectivity index (χ2v) is 4.07. The van der Waals surface area contributed by atoms with E-state index in [9.17, 15) is 10.2 Å². The molecule has 92 valence electrons. The number of rotatable bonds is 6. The summed E-state index contributed by atoms with van der Waals surface area (Å²) < 4.78 is 0. The molecule has 0 fully saturated rings. The van der Waals surface area contributed by atoms with Gasteiger partial charge in [0.05, 0.1) is 0 Å². The lowest BCUT2D eigenvalue weighted by Gasteiger charge is -2.10. The van der Waals surface area contributed by atoms with Crippen molar-refractivity contribution in [3.8, 4) is 0 Å². The van der Waals surface area contributed by atoms with E-state index in [0.29, 0.717) is 12.8 Å². The number of hydrogen-bond donors (Lipinski definition) is 2. The van der Waals surface area contributed by atoms with Crippen LogP contribution in [0.5, 0.6) is 0 Å². The molecular formula is C11H18N4O2+2. The molecule has 0 spiro atoms. The normalized spacial score (nSPS) is 15.8. The molecule has 6 heteroatoms. The fraction of sp³-hybridized carbons (Fsp3) is 0.636. The number of aliphatic hydroxyl groups excluding tert-OH is 2. The summed E-state index contributed by atoms with van der Waals surface area (Å²) in [6, 6.07) is 0. The van der Waals surface area contributed by atoms with E-state index in [1.54, 1.807) is 0 Å². The number of nitrogens with zero attached hydrogens (tertiary/aromatic N) is 4. The fourth-order valence-electron chi connectivity index (χ4n) is 1.40. The van der Waals surface area contributed by atoms with Crippen LogP contribution >= 0.6 is 0 Å². The highest BCUT2D eigenvalue weighted by Gasteiger charge is 2.15. The predicted octanol–water partition coefficient (Wildman–Crippen LogP) is 3.93. The lowest BCUT2D eigenvalue weighted by atomic mass is 9.97.